The molecule has 3 aromatic rings. The van der Waals surface area contributed by atoms with Gasteiger partial charge in [0.1, 0.15) is 17.8 Å². The number of methoxy groups -OCH3 is 1. The van der Waals surface area contributed by atoms with E-state index >= 15 is 0 Å². The second-order valence-electron chi connectivity index (χ2n) is 8.09. The Labute approximate surface area is 207 Å². The number of carbonyl (C=O) groups excluding carboxylic acids is 1. The van der Waals surface area contributed by atoms with Gasteiger partial charge >= 0.3 is 0 Å². The molecule has 0 radical (unpaired) electrons. The fourth-order valence-electron chi connectivity index (χ4n) is 4.05. The summed E-state index contributed by atoms with van der Waals surface area (Å²) < 4.78 is 31.1. The van der Waals surface area contributed by atoms with Gasteiger partial charge in [0.15, 0.2) is 4.90 Å². The maximum atomic E-state index is 14.1. The Hall–Kier alpha value is -3.68. The summed E-state index contributed by atoms with van der Waals surface area (Å²) in [5.74, 6) is -0.0198. The number of nitrogens with zero attached hydrogens (tertiary/aromatic N) is 1. The third-order valence-electron chi connectivity index (χ3n) is 5.85. The van der Waals surface area contributed by atoms with Crippen molar-refractivity contribution in [1.82, 2.24) is 5.43 Å². The first-order valence-corrected chi connectivity index (χ1v) is 12.5. The van der Waals surface area contributed by atoms with Crippen LogP contribution in [0.4, 0.5) is 4.39 Å². The Morgan fingerprint density at radius 2 is 1.86 bits per heavy atom. The largest absolute Gasteiger partial charge is 0.612 e. The van der Waals surface area contributed by atoms with Gasteiger partial charge in [0, 0.05) is 5.56 Å². The van der Waals surface area contributed by atoms with Crippen LogP contribution in [0.3, 0.4) is 0 Å². The fourth-order valence-corrected chi connectivity index (χ4v) is 4.57. The monoisotopic (exact) mass is 488 g/mol. The molecule has 0 fully saturated rings. The highest BCUT2D eigenvalue weighted by atomic mass is 32.2. The molecule has 0 aromatic heterocycles. The van der Waals surface area contributed by atoms with Gasteiger partial charge in [-0.3, -0.25) is 4.79 Å². The van der Waals surface area contributed by atoms with Gasteiger partial charge in [-0.05, 0) is 106 Å². The zero-order chi connectivity index (χ0) is 24.9. The first-order chi connectivity index (χ1) is 16.9. The van der Waals surface area contributed by atoms with E-state index in [4.69, 9.17) is 4.74 Å². The summed E-state index contributed by atoms with van der Waals surface area (Å²) in [6.45, 7) is 1.93. The molecule has 1 unspecified atom stereocenters. The predicted molar refractivity (Wildman–Crippen MR) is 139 cm³/mol. The molecule has 1 N–H and O–H groups in total. The molecular formula is C28H25FN2O3S. The van der Waals surface area contributed by atoms with Crippen LogP contribution in [0.15, 0.2) is 82.3 Å². The second-order valence-corrected chi connectivity index (χ2v) is 9.47. The molecule has 7 heteroatoms. The van der Waals surface area contributed by atoms with E-state index in [0.29, 0.717) is 11.3 Å². The molecule has 3 aromatic carbocycles. The molecule has 1 aliphatic carbocycles. The third-order valence-corrected chi connectivity index (χ3v) is 6.78. The first kappa shape index (κ1) is 24.4. The van der Waals surface area contributed by atoms with Crippen LogP contribution in [0, 0.1) is 5.82 Å². The zero-order valence-electron chi connectivity index (χ0n) is 19.7. The van der Waals surface area contributed by atoms with Crippen molar-refractivity contribution in [3.05, 3.63) is 100 Å². The average molecular weight is 489 g/mol. The molecule has 0 saturated heterocycles. The van der Waals surface area contributed by atoms with E-state index in [0.717, 1.165) is 38.3 Å². The second kappa shape index (κ2) is 10.7. The van der Waals surface area contributed by atoms with Gasteiger partial charge in [-0.15, -0.1) is 0 Å². The van der Waals surface area contributed by atoms with E-state index in [-0.39, 0.29) is 18.1 Å². The van der Waals surface area contributed by atoms with Gasteiger partial charge < -0.3 is 9.29 Å². The summed E-state index contributed by atoms with van der Waals surface area (Å²) in [5, 5.41) is 4.06. The Balaban J connectivity index is 1.58. The Bertz CT molecular complexity index is 1340. The summed E-state index contributed by atoms with van der Waals surface area (Å²) in [6.07, 6.45) is 5.22. The molecule has 1 amide bonds. The summed E-state index contributed by atoms with van der Waals surface area (Å²) in [7, 11) is 1.57. The van der Waals surface area contributed by atoms with Crippen molar-refractivity contribution in [3.63, 3.8) is 0 Å². The van der Waals surface area contributed by atoms with E-state index < -0.39 is 11.2 Å². The van der Waals surface area contributed by atoms with Crippen LogP contribution in [0.1, 0.15) is 35.6 Å². The van der Waals surface area contributed by atoms with Crippen LogP contribution in [-0.4, -0.2) is 30.0 Å². The van der Waals surface area contributed by atoms with Crippen LogP contribution in [0.5, 0.6) is 5.75 Å². The maximum Gasteiger partial charge on any atom is 0.244 e. The molecule has 4 rings (SSSR count). The first-order valence-electron chi connectivity index (χ1n) is 11.0. The van der Waals surface area contributed by atoms with Crippen molar-refractivity contribution in [3.8, 4) is 5.75 Å². The lowest BCUT2D eigenvalue weighted by atomic mass is 10.0. The number of hydrogen-bond acceptors (Lipinski definition) is 4. The van der Waals surface area contributed by atoms with Crippen molar-refractivity contribution in [1.29, 1.82) is 0 Å². The van der Waals surface area contributed by atoms with Crippen molar-refractivity contribution in [2.45, 2.75) is 18.2 Å². The highest BCUT2D eigenvalue weighted by molar-refractivity contribution is 7.90. The summed E-state index contributed by atoms with van der Waals surface area (Å²) in [5.41, 5.74) is 8.36. The molecule has 0 bridgehead atoms. The highest BCUT2D eigenvalue weighted by Gasteiger charge is 2.25. The SMILES string of the molecule is COc1ccccc1C=NNC(=O)CC1=C(C)/C(=C/c2ccc([S+](C)[O-])cc2)c2ccc(F)cc21. The molecule has 0 heterocycles. The number of nitrogens with one attached hydrogen (secondary N) is 1. The average Bonchev–Trinajstić information content (AvgIpc) is 3.09. The number of rotatable bonds is 7. The predicted octanol–water partition coefficient (Wildman–Crippen LogP) is 5.44. The summed E-state index contributed by atoms with van der Waals surface area (Å²) >= 11 is -1.05. The molecule has 1 aliphatic rings. The van der Waals surface area contributed by atoms with Crippen molar-refractivity contribution < 1.29 is 18.5 Å². The van der Waals surface area contributed by atoms with Crippen molar-refractivity contribution in [2.24, 2.45) is 5.10 Å². The Morgan fingerprint density at radius 3 is 2.57 bits per heavy atom. The van der Waals surface area contributed by atoms with E-state index in [1.165, 1.54) is 18.3 Å². The topological polar surface area (TPSA) is 73.8 Å². The van der Waals surface area contributed by atoms with E-state index in [9.17, 15) is 13.7 Å². The van der Waals surface area contributed by atoms with Gasteiger partial charge in [0.05, 0.1) is 19.7 Å². The number of hydrazone groups is 1. The van der Waals surface area contributed by atoms with Crippen molar-refractivity contribution in [2.75, 3.05) is 13.4 Å². The number of hydrogen-bond donors (Lipinski definition) is 1. The van der Waals surface area contributed by atoms with Gasteiger partial charge in [-0.25, -0.2) is 9.82 Å². The minimum absolute atomic E-state index is 0.0522. The molecular weight excluding hydrogens is 463 g/mol. The number of benzene rings is 3. The molecule has 0 saturated carbocycles. The van der Waals surface area contributed by atoms with Crippen molar-refractivity contribution >= 4 is 40.5 Å². The Kier molecular flexibility index (Phi) is 7.48. The minimum Gasteiger partial charge on any atom is -0.612 e. The standard InChI is InChI=1S/C28H25FN2O3S/c1-18-24(14-19-8-11-22(12-9-19)35(3)33)23-13-10-21(29)15-26(23)25(18)16-28(32)31-30-17-20-6-4-5-7-27(20)34-2/h4-15,17H,16H2,1-3H3,(H,31,32)/b24-14-,30-17?. The zero-order valence-corrected chi connectivity index (χ0v) is 20.5. The lowest BCUT2D eigenvalue weighted by Gasteiger charge is -2.06. The van der Waals surface area contributed by atoms with Crippen LogP contribution in [-0.2, 0) is 16.0 Å². The lowest BCUT2D eigenvalue weighted by Crippen LogP contribution is -2.17. The van der Waals surface area contributed by atoms with Gasteiger partial charge in [0.2, 0.25) is 5.91 Å². The summed E-state index contributed by atoms with van der Waals surface area (Å²) in [6, 6.07) is 19.4. The molecule has 1 atom stereocenters. The number of allylic oxidation sites excluding steroid dienone is 2. The van der Waals surface area contributed by atoms with E-state index in [2.05, 4.69) is 10.5 Å². The fraction of sp³-hybridized carbons (Fsp3) is 0.143. The summed E-state index contributed by atoms with van der Waals surface area (Å²) in [4.78, 5) is 13.5. The third kappa shape index (κ3) is 5.53. The minimum atomic E-state index is -1.05. The molecule has 0 aliphatic heterocycles. The highest BCUT2D eigenvalue weighted by Crippen LogP contribution is 2.43. The molecule has 35 heavy (non-hydrogen) atoms. The Morgan fingerprint density at radius 1 is 1.11 bits per heavy atom. The number of carbonyl (C=O) groups is 1. The van der Waals surface area contributed by atoms with Crippen LogP contribution in [0.25, 0.3) is 17.2 Å². The number of halogens is 1. The normalized spacial score (nSPS) is 14.9. The molecule has 5 nitrogen and oxygen atoms in total. The van der Waals surface area contributed by atoms with Gasteiger partial charge in [-0.2, -0.15) is 5.10 Å². The van der Waals surface area contributed by atoms with E-state index in [1.54, 1.807) is 19.4 Å². The van der Waals surface area contributed by atoms with E-state index in [1.807, 2.05) is 61.5 Å². The molecule has 0 spiro atoms. The lowest BCUT2D eigenvalue weighted by molar-refractivity contribution is -0.120. The number of fused-ring (bicyclic) bond motifs is 1. The maximum absolute atomic E-state index is 14.1. The molecule has 178 valence electrons. The quantitative estimate of drug-likeness (QED) is 0.273. The number of para-hydroxylation sites is 1. The van der Waals surface area contributed by atoms with Crippen LogP contribution >= 0.6 is 0 Å². The number of amides is 1. The van der Waals surface area contributed by atoms with Crippen LogP contribution in [0.2, 0.25) is 0 Å². The van der Waals surface area contributed by atoms with Gasteiger partial charge in [-0.1, -0.05) is 18.2 Å². The van der Waals surface area contributed by atoms with Crippen LogP contribution < -0.4 is 10.2 Å². The number of ether oxygens (including phenoxy) is 1. The smallest absolute Gasteiger partial charge is 0.244 e. The van der Waals surface area contributed by atoms with Gasteiger partial charge in [0.25, 0.3) is 0 Å².